The van der Waals surface area contributed by atoms with Crippen LogP contribution in [-0.2, 0) is 23.3 Å². The Balaban J connectivity index is 1.68. The van der Waals surface area contributed by atoms with E-state index in [0.29, 0.717) is 35.2 Å². The number of anilines is 1. The Morgan fingerprint density at radius 1 is 1.13 bits per heavy atom. The summed E-state index contributed by atoms with van der Waals surface area (Å²) in [6.45, 7) is 3.75. The van der Waals surface area contributed by atoms with Crippen molar-refractivity contribution in [2.45, 2.75) is 26.9 Å². The van der Waals surface area contributed by atoms with Crippen molar-refractivity contribution in [3.8, 4) is 0 Å². The van der Waals surface area contributed by atoms with Crippen LogP contribution in [0.15, 0.2) is 58.8 Å². The minimum Gasteiger partial charge on any atom is -0.389 e. The molecule has 1 amide bonds. The molecule has 1 aromatic carbocycles. The van der Waals surface area contributed by atoms with E-state index in [2.05, 4.69) is 36.1 Å². The summed E-state index contributed by atoms with van der Waals surface area (Å²) >= 11 is 0. The van der Waals surface area contributed by atoms with Crippen molar-refractivity contribution in [3.05, 3.63) is 65.6 Å². The third kappa shape index (κ3) is 6.16. The highest BCUT2D eigenvalue weighted by Crippen LogP contribution is 2.10. The zero-order valence-corrected chi connectivity index (χ0v) is 17.4. The Hall–Kier alpha value is -4.15. The number of benzene rings is 1. The summed E-state index contributed by atoms with van der Waals surface area (Å²) in [6, 6.07) is 14.5. The van der Waals surface area contributed by atoms with Gasteiger partial charge in [-0.2, -0.15) is 0 Å². The van der Waals surface area contributed by atoms with Gasteiger partial charge in [0.2, 0.25) is 5.82 Å². The molecule has 0 saturated heterocycles. The molecule has 31 heavy (non-hydrogen) atoms. The summed E-state index contributed by atoms with van der Waals surface area (Å²) in [5, 5.41) is 22.0. The lowest BCUT2D eigenvalue weighted by Gasteiger charge is -2.07. The third-order valence-corrected chi connectivity index (χ3v) is 4.08. The number of oxime groups is 2. The van der Waals surface area contributed by atoms with Gasteiger partial charge in [-0.05, 0) is 35.9 Å². The van der Waals surface area contributed by atoms with Crippen LogP contribution in [0.2, 0.25) is 0 Å². The van der Waals surface area contributed by atoms with Crippen molar-refractivity contribution in [1.29, 1.82) is 0 Å². The summed E-state index contributed by atoms with van der Waals surface area (Å²) in [7, 11) is 1.72. The van der Waals surface area contributed by atoms with E-state index in [0.717, 1.165) is 5.56 Å². The molecule has 0 atom stereocenters. The Morgan fingerprint density at radius 2 is 1.94 bits per heavy atom. The molecule has 0 fully saturated rings. The summed E-state index contributed by atoms with van der Waals surface area (Å²) < 4.78 is 1.51. The van der Waals surface area contributed by atoms with Gasteiger partial charge in [-0.1, -0.05) is 53.6 Å². The second-order valence-electron chi connectivity index (χ2n) is 6.40. The largest absolute Gasteiger partial charge is 0.439 e. The minimum absolute atomic E-state index is 0.0687. The molecule has 11 heteroatoms. The molecule has 160 valence electrons. The standard InChI is InChI=1S/C20H22N8O3/c1-4-14(2)24-31-20(29)22-17-12-8-11-16(21-17)13-30-25-18(15-9-6-5-7-10-15)19-23-26-27-28(19)3/h5-12H,4,13H2,1-3H3,(H,21,22,29)/b24-14-,25-18-. The average Bonchev–Trinajstić information content (AvgIpc) is 3.21. The van der Waals surface area contributed by atoms with Crippen LogP contribution in [0.3, 0.4) is 0 Å². The first-order valence-electron chi connectivity index (χ1n) is 9.52. The average molecular weight is 422 g/mol. The molecule has 0 unspecified atom stereocenters. The molecule has 0 saturated carbocycles. The molecule has 2 aromatic heterocycles. The number of aryl methyl sites for hydroxylation is 1. The van der Waals surface area contributed by atoms with Gasteiger partial charge in [-0.15, -0.1) is 5.10 Å². The van der Waals surface area contributed by atoms with Gasteiger partial charge in [0, 0.05) is 12.6 Å². The molecular formula is C20H22N8O3. The van der Waals surface area contributed by atoms with Gasteiger partial charge in [0.05, 0.1) is 11.4 Å². The smallest absolute Gasteiger partial charge is 0.389 e. The summed E-state index contributed by atoms with van der Waals surface area (Å²) in [5.41, 5.74) is 2.54. The van der Waals surface area contributed by atoms with Crippen molar-refractivity contribution in [2.75, 3.05) is 5.32 Å². The molecule has 0 bridgehead atoms. The Labute approximate surface area is 178 Å². The summed E-state index contributed by atoms with van der Waals surface area (Å²) in [4.78, 5) is 26.4. The number of hydrogen-bond acceptors (Lipinski definition) is 9. The highest BCUT2D eigenvalue weighted by atomic mass is 16.7. The number of hydrogen-bond donors (Lipinski definition) is 1. The lowest BCUT2D eigenvalue weighted by molar-refractivity contribution is 0.128. The normalized spacial score (nSPS) is 11.8. The number of rotatable bonds is 8. The summed E-state index contributed by atoms with van der Waals surface area (Å²) in [6.07, 6.45) is -0.0358. The monoisotopic (exact) mass is 422 g/mol. The maximum atomic E-state index is 11.8. The van der Waals surface area contributed by atoms with Gasteiger partial charge in [-0.25, -0.2) is 14.5 Å². The first-order chi connectivity index (χ1) is 15.1. The van der Waals surface area contributed by atoms with Gasteiger partial charge in [0.15, 0.2) is 12.3 Å². The third-order valence-electron chi connectivity index (χ3n) is 4.08. The van der Waals surface area contributed by atoms with E-state index in [1.807, 2.05) is 37.3 Å². The Morgan fingerprint density at radius 3 is 2.65 bits per heavy atom. The molecule has 0 aliphatic carbocycles. The highest BCUT2D eigenvalue weighted by Gasteiger charge is 2.15. The Bertz CT molecular complexity index is 1080. The summed E-state index contributed by atoms with van der Waals surface area (Å²) in [5.74, 6) is 0.764. The quantitative estimate of drug-likeness (QED) is 0.336. The molecule has 11 nitrogen and oxygen atoms in total. The van der Waals surface area contributed by atoms with E-state index in [4.69, 9.17) is 9.68 Å². The van der Waals surface area contributed by atoms with Crippen LogP contribution in [0.4, 0.5) is 10.6 Å². The van der Waals surface area contributed by atoms with Crippen LogP contribution >= 0.6 is 0 Å². The van der Waals surface area contributed by atoms with E-state index in [1.54, 1.807) is 32.2 Å². The zero-order chi connectivity index (χ0) is 22.1. The second-order valence-corrected chi connectivity index (χ2v) is 6.40. The van der Waals surface area contributed by atoms with E-state index in [9.17, 15) is 4.79 Å². The first kappa shape index (κ1) is 21.6. The molecule has 0 aliphatic heterocycles. The predicted molar refractivity (Wildman–Crippen MR) is 113 cm³/mol. The number of pyridine rings is 1. The fraction of sp³-hybridized carbons (Fsp3) is 0.250. The van der Waals surface area contributed by atoms with Gasteiger partial charge in [-0.3, -0.25) is 10.2 Å². The van der Waals surface area contributed by atoms with Crippen LogP contribution in [0, 0.1) is 0 Å². The van der Waals surface area contributed by atoms with Crippen molar-refractivity contribution in [1.82, 2.24) is 25.2 Å². The number of carbonyl (C=O) groups is 1. The maximum Gasteiger partial charge on any atom is 0.439 e. The number of aromatic nitrogens is 5. The van der Waals surface area contributed by atoms with Crippen molar-refractivity contribution in [3.63, 3.8) is 0 Å². The molecular weight excluding hydrogens is 400 g/mol. The lowest BCUT2D eigenvalue weighted by Crippen LogP contribution is -2.13. The van der Waals surface area contributed by atoms with Crippen LogP contribution in [0.1, 0.15) is 37.4 Å². The van der Waals surface area contributed by atoms with E-state index >= 15 is 0 Å². The number of amides is 1. The van der Waals surface area contributed by atoms with E-state index in [1.165, 1.54) is 4.68 Å². The highest BCUT2D eigenvalue weighted by molar-refractivity contribution is 6.10. The topological polar surface area (TPSA) is 129 Å². The SMILES string of the molecule is CC/C(C)=N\OC(=O)Nc1cccc(CO/N=C(/c2ccccc2)c2nnnn2C)n1. The maximum absolute atomic E-state index is 11.8. The molecule has 2 heterocycles. The first-order valence-corrected chi connectivity index (χ1v) is 9.52. The van der Waals surface area contributed by atoms with Gasteiger partial charge < -0.3 is 4.84 Å². The van der Waals surface area contributed by atoms with Crippen molar-refractivity contribution in [2.24, 2.45) is 17.4 Å². The molecule has 0 aliphatic rings. The lowest BCUT2D eigenvalue weighted by atomic mass is 10.1. The van der Waals surface area contributed by atoms with Crippen LogP contribution in [0.5, 0.6) is 0 Å². The predicted octanol–water partition coefficient (Wildman–Crippen LogP) is 2.91. The second kappa shape index (κ2) is 10.6. The minimum atomic E-state index is -0.725. The van der Waals surface area contributed by atoms with Gasteiger partial charge >= 0.3 is 6.09 Å². The molecule has 3 rings (SSSR count). The zero-order valence-electron chi connectivity index (χ0n) is 17.4. The number of nitrogens with one attached hydrogen (secondary N) is 1. The number of carbonyl (C=O) groups excluding carboxylic acids is 1. The van der Waals surface area contributed by atoms with Crippen molar-refractivity contribution >= 4 is 23.3 Å². The van der Waals surface area contributed by atoms with E-state index in [-0.39, 0.29) is 6.61 Å². The Kier molecular flexibility index (Phi) is 7.35. The number of tetrazole rings is 1. The van der Waals surface area contributed by atoms with Crippen LogP contribution in [-0.4, -0.2) is 42.7 Å². The molecule has 0 spiro atoms. The fourth-order valence-electron chi connectivity index (χ4n) is 2.35. The van der Waals surface area contributed by atoms with E-state index < -0.39 is 6.09 Å². The molecule has 3 aromatic rings. The van der Waals surface area contributed by atoms with Crippen LogP contribution < -0.4 is 5.32 Å². The molecule has 1 N–H and O–H groups in total. The van der Waals surface area contributed by atoms with Crippen LogP contribution in [0.25, 0.3) is 0 Å². The number of nitrogens with zero attached hydrogens (tertiary/aromatic N) is 7. The fourth-order valence-corrected chi connectivity index (χ4v) is 2.35. The van der Waals surface area contributed by atoms with Crippen molar-refractivity contribution < 1.29 is 14.5 Å². The molecule has 0 radical (unpaired) electrons. The van der Waals surface area contributed by atoms with Gasteiger partial charge in [0.1, 0.15) is 5.82 Å². The van der Waals surface area contributed by atoms with Gasteiger partial charge in [0.25, 0.3) is 0 Å².